The van der Waals surface area contributed by atoms with Gasteiger partial charge in [0.05, 0.1) is 0 Å². The van der Waals surface area contributed by atoms with Crippen molar-refractivity contribution in [3.05, 3.63) is 58.7 Å². The number of carbonyl (C=O) groups is 1. The highest BCUT2D eigenvalue weighted by Crippen LogP contribution is 2.25. The first-order chi connectivity index (χ1) is 12.0. The van der Waals surface area contributed by atoms with Gasteiger partial charge in [0.15, 0.2) is 6.61 Å². The van der Waals surface area contributed by atoms with E-state index in [1.165, 1.54) is 5.56 Å². The zero-order valence-corrected chi connectivity index (χ0v) is 16.0. The molecular formula is C22H29NO2. The smallest absolute Gasteiger partial charge is 0.262 e. The molecule has 0 aliphatic heterocycles. The van der Waals surface area contributed by atoms with Gasteiger partial charge >= 0.3 is 0 Å². The Labute approximate surface area is 151 Å². The number of nitrogens with one attached hydrogen (secondary N) is 1. The van der Waals surface area contributed by atoms with Crippen LogP contribution >= 0.6 is 0 Å². The van der Waals surface area contributed by atoms with E-state index in [4.69, 9.17) is 4.74 Å². The SMILES string of the molecule is CCc1cccc(CC)c1NC(=O)COc1cc(C(C)C)ccc1C. The Morgan fingerprint density at radius 2 is 1.72 bits per heavy atom. The summed E-state index contributed by atoms with van der Waals surface area (Å²) in [6, 6.07) is 12.4. The predicted octanol–water partition coefficient (Wildman–Crippen LogP) is 5.26. The highest BCUT2D eigenvalue weighted by Gasteiger charge is 2.12. The summed E-state index contributed by atoms with van der Waals surface area (Å²) in [5.74, 6) is 1.09. The number of anilines is 1. The maximum absolute atomic E-state index is 12.4. The second-order valence-electron chi connectivity index (χ2n) is 6.67. The van der Waals surface area contributed by atoms with Crippen molar-refractivity contribution in [2.45, 2.75) is 53.4 Å². The van der Waals surface area contributed by atoms with E-state index in [9.17, 15) is 4.79 Å². The second kappa shape index (κ2) is 8.70. The van der Waals surface area contributed by atoms with E-state index in [0.29, 0.717) is 5.92 Å². The van der Waals surface area contributed by atoms with E-state index in [0.717, 1.165) is 41.0 Å². The first kappa shape index (κ1) is 19.0. The number of hydrogen-bond donors (Lipinski definition) is 1. The van der Waals surface area contributed by atoms with Crippen molar-refractivity contribution in [2.75, 3.05) is 11.9 Å². The van der Waals surface area contributed by atoms with Crippen LogP contribution in [0.5, 0.6) is 5.75 Å². The Kier molecular flexibility index (Phi) is 6.63. The number of para-hydroxylation sites is 1. The van der Waals surface area contributed by atoms with Crippen LogP contribution in [0.2, 0.25) is 0 Å². The van der Waals surface area contributed by atoms with E-state index in [-0.39, 0.29) is 12.5 Å². The third-order valence-corrected chi connectivity index (χ3v) is 4.50. The third kappa shape index (κ3) is 4.85. The summed E-state index contributed by atoms with van der Waals surface area (Å²) in [6.45, 7) is 10.5. The minimum Gasteiger partial charge on any atom is -0.483 e. The van der Waals surface area contributed by atoms with Crippen molar-refractivity contribution >= 4 is 11.6 Å². The molecule has 0 heterocycles. The molecule has 1 N–H and O–H groups in total. The molecule has 2 rings (SSSR count). The maximum Gasteiger partial charge on any atom is 0.262 e. The fourth-order valence-corrected chi connectivity index (χ4v) is 2.85. The quantitative estimate of drug-likeness (QED) is 0.747. The van der Waals surface area contributed by atoms with Gasteiger partial charge in [-0.2, -0.15) is 0 Å². The molecule has 3 heteroatoms. The molecule has 134 valence electrons. The third-order valence-electron chi connectivity index (χ3n) is 4.50. The van der Waals surface area contributed by atoms with Crippen LogP contribution in [0.4, 0.5) is 5.69 Å². The van der Waals surface area contributed by atoms with E-state index in [2.05, 4.69) is 51.2 Å². The van der Waals surface area contributed by atoms with Gasteiger partial charge in [0.1, 0.15) is 5.75 Å². The maximum atomic E-state index is 12.4. The van der Waals surface area contributed by atoms with E-state index < -0.39 is 0 Å². The van der Waals surface area contributed by atoms with Gasteiger partial charge in [-0.25, -0.2) is 0 Å². The summed E-state index contributed by atoms with van der Waals surface area (Å²) in [6.07, 6.45) is 1.78. The van der Waals surface area contributed by atoms with Gasteiger partial charge in [0, 0.05) is 5.69 Å². The van der Waals surface area contributed by atoms with Gasteiger partial charge in [0.2, 0.25) is 0 Å². The molecule has 2 aromatic carbocycles. The van der Waals surface area contributed by atoms with Crippen molar-refractivity contribution in [3.8, 4) is 5.75 Å². The Bertz CT molecular complexity index is 713. The van der Waals surface area contributed by atoms with Gasteiger partial charge < -0.3 is 10.1 Å². The fraction of sp³-hybridized carbons (Fsp3) is 0.409. The fourth-order valence-electron chi connectivity index (χ4n) is 2.85. The Morgan fingerprint density at radius 1 is 1.08 bits per heavy atom. The summed E-state index contributed by atoms with van der Waals surface area (Å²) in [4.78, 5) is 12.4. The lowest BCUT2D eigenvalue weighted by atomic mass is 10.0. The minimum atomic E-state index is -0.120. The van der Waals surface area contributed by atoms with Crippen LogP contribution in [-0.2, 0) is 17.6 Å². The lowest BCUT2D eigenvalue weighted by Crippen LogP contribution is -2.22. The van der Waals surface area contributed by atoms with Crippen LogP contribution in [0.15, 0.2) is 36.4 Å². The molecule has 0 radical (unpaired) electrons. The van der Waals surface area contributed by atoms with Crippen molar-refractivity contribution in [1.82, 2.24) is 0 Å². The van der Waals surface area contributed by atoms with Crippen LogP contribution < -0.4 is 10.1 Å². The summed E-state index contributed by atoms with van der Waals surface area (Å²) in [7, 11) is 0. The predicted molar refractivity (Wildman–Crippen MR) is 105 cm³/mol. The molecule has 0 unspecified atom stereocenters. The topological polar surface area (TPSA) is 38.3 Å². The van der Waals surface area contributed by atoms with Crippen LogP contribution in [0.1, 0.15) is 55.9 Å². The number of hydrogen-bond acceptors (Lipinski definition) is 2. The highest BCUT2D eigenvalue weighted by molar-refractivity contribution is 5.93. The van der Waals surface area contributed by atoms with E-state index in [1.807, 2.05) is 25.1 Å². The molecule has 0 aliphatic rings. The molecule has 0 aromatic heterocycles. The molecule has 0 saturated heterocycles. The Balaban J connectivity index is 2.08. The molecular weight excluding hydrogens is 310 g/mol. The Morgan fingerprint density at radius 3 is 2.28 bits per heavy atom. The van der Waals surface area contributed by atoms with Crippen molar-refractivity contribution in [1.29, 1.82) is 0 Å². The van der Waals surface area contributed by atoms with Crippen LogP contribution in [0, 0.1) is 6.92 Å². The monoisotopic (exact) mass is 339 g/mol. The molecule has 3 nitrogen and oxygen atoms in total. The van der Waals surface area contributed by atoms with Gasteiger partial charge in [-0.05, 0) is 54.0 Å². The molecule has 0 aliphatic carbocycles. The van der Waals surface area contributed by atoms with Crippen LogP contribution in [-0.4, -0.2) is 12.5 Å². The lowest BCUT2D eigenvalue weighted by Gasteiger charge is -2.16. The van der Waals surface area contributed by atoms with Crippen molar-refractivity contribution in [3.63, 3.8) is 0 Å². The number of carbonyl (C=O) groups excluding carboxylic acids is 1. The Hall–Kier alpha value is -2.29. The van der Waals surface area contributed by atoms with Gasteiger partial charge in [0.25, 0.3) is 5.91 Å². The standard InChI is InChI=1S/C22H29NO2/c1-6-17-9-8-10-18(7-2)22(17)23-21(24)14-25-20-13-19(15(3)4)12-11-16(20)5/h8-13,15H,6-7,14H2,1-5H3,(H,23,24). The molecule has 0 spiro atoms. The normalized spacial score (nSPS) is 10.8. The van der Waals surface area contributed by atoms with E-state index in [1.54, 1.807) is 0 Å². The van der Waals surface area contributed by atoms with Crippen LogP contribution in [0.25, 0.3) is 0 Å². The average Bonchev–Trinajstić information content (AvgIpc) is 2.60. The molecule has 0 saturated carbocycles. The summed E-state index contributed by atoms with van der Waals surface area (Å²) in [5, 5.41) is 3.04. The number of amides is 1. The molecule has 0 fully saturated rings. The molecule has 0 atom stereocenters. The number of ether oxygens (including phenoxy) is 1. The van der Waals surface area contributed by atoms with Crippen molar-refractivity contribution in [2.24, 2.45) is 0 Å². The van der Waals surface area contributed by atoms with E-state index >= 15 is 0 Å². The summed E-state index contributed by atoms with van der Waals surface area (Å²) in [5.41, 5.74) is 5.51. The minimum absolute atomic E-state index is 0.0175. The summed E-state index contributed by atoms with van der Waals surface area (Å²) < 4.78 is 5.80. The second-order valence-corrected chi connectivity index (χ2v) is 6.67. The summed E-state index contributed by atoms with van der Waals surface area (Å²) >= 11 is 0. The van der Waals surface area contributed by atoms with Gasteiger partial charge in [-0.1, -0.05) is 58.0 Å². The zero-order valence-electron chi connectivity index (χ0n) is 16.0. The molecule has 25 heavy (non-hydrogen) atoms. The van der Waals surface area contributed by atoms with Gasteiger partial charge in [-0.3, -0.25) is 4.79 Å². The molecule has 0 bridgehead atoms. The lowest BCUT2D eigenvalue weighted by molar-refractivity contribution is -0.118. The van der Waals surface area contributed by atoms with Crippen molar-refractivity contribution < 1.29 is 9.53 Å². The van der Waals surface area contributed by atoms with Crippen LogP contribution in [0.3, 0.4) is 0 Å². The first-order valence-electron chi connectivity index (χ1n) is 9.10. The zero-order chi connectivity index (χ0) is 18.4. The number of aryl methyl sites for hydroxylation is 3. The highest BCUT2D eigenvalue weighted by atomic mass is 16.5. The van der Waals surface area contributed by atoms with Gasteiger partial charge in [-0.15, -0.1) is 0 Å². The average molecular weight is 339 g/mol. The first-order valence-corrected chi connectivity index (χ1v) is 9.10. The molecule has 2 aromatic rings. The molecule has 1 amide bonds. The largest absolute Gasteiger partial charge is 0.483 e. The number of rotatable bonds is 7. The number of benzene rings is 2.